The average Bonchev–Trinajstić information content (AvgIpc) is 2.62. The number of halogens is 1. The van der Waals surface area contributed by atoms with E-state index in [2.05, 4.69) is 15.6 Å². The quantitative estimate of drug-likeness (QED) is 0.439. The van der Waals surface area contributed by atoms with Gasteiger partial charge in [-0.05, 0) is 25.1 Å². The number of ether oxygens (including phenoxy) is 2. The normalized spacial score (nSPS) is 11.1. The van der Waals surface area contributed by atoms with Gasteiger partial charge in [0.1, 0.15) is 23.9 Å². The first kappa shape index (κ1) is 18.6. The topological polar surface area (TPSA) is 54.9 Å². The van der Waals surface area contributed by atoms with E-state index >= 15 is 0 Å². The van der Waals surface area contributed by atoms with Gasteiger partial charge in [0.15, 0.2) is 5.96 Å². The van der Waals surface area contributed by atoms with Gasteiger partial charge in [0.2, 0.25) is 0 Å². The van der Waals surface area contributed by atoms with Crippen LogP contribution in [-0.2, 0) is 6.54 Å². The molecule has 6 heteroatoms. The van der Waals surface area contributed by atoms with Crippen LogP contribution in [0.1, 0.15) is 12.5 Å². The van der Waals surface area contributed by atoms with E-state index in [4.69, 9.17) is 9.47 Å². The fraction of sp³-hybridized carbons (Fsp3) is 0.316. The molecule has 0 bridgehead atoms. The highest BCUT2D eigenvalue weighted by molar-refractivity contribution is 5.79. The summed E-state index contributed by atoms with van der Waals surface area (Å²) in [5.74, 6) is 1.72. The van der Waals surface area contributed by atoms with Crippen LogP contribution >= 0.6 is 0 Å². The van der Waals surface area contributed by atoms with Crippen molar-refractivity contribution in [2.45, 2.75) is 13.5 Å². The van der Waals surface area contributed by atoms with E-state index < -0.39 is 0 Å². The zero-order chi connectivity index (χ0) is 17.9. The molecular formula is C19H24FN3O2. The number of hydrogen-bond donors (Lipinski definition) is 2. The van der Waals surface area contributed by atoms with Crippen LogP contribution in [0.5, 0.6) is 11.5 Å². The third kappa shape index (κ3) is 6.33. The van der Waals surface area contributed by atoms with Gasteiger partial charge < -0.3 is 20.1 Å². The Bertz CT molecular complexity index is 692. The third-order valence-corrected chi connectivity index (χ3v) is 3.40. The summed E-state index contributed by atoms with van der Waals surface area (Å²) >= 11 is 0. The van der Waals surface area contributed by atoms with Crippen molar-refractivity contribution in [2.24, 2.45) is 4.99 Å². The summed E-state index contributed by atoms with van der Waals surface area (Å²) in [6, 6.07) is 14.0. The van der Waals surface area contributed by atoms with Crippen molar-refractivity contribution in [1.29, 1.82) is 0 Å². The molecule has 0 radical (unpaired) electrons. The van der Waals surface area contributed by atoms with E-state index in [1.807, 2.05) is 31.2 Å². The molecule has 0 spiro atoms. The summed E-state index contributed by atoms with van der Waals surface area (Å²) in [5, 5.41) is 6.39. The van der Waals surface area contributed by atoms with Crippen molar-refractivity contribution < 1.29 is 13.9 Å². The van der Waals surface area contributed by atoms with Crippen LogP contribution in [0.25, 0.3) is 0 Å². The van der Waals surface area contributed by atoms with E-state index in [9.17, 15) is 4.39 Å². The first-order valence-corrected chi connectivity index (χ1v) is 8.26. The highest BCUT2D eigenvalue weighted by Crippen LogP contribution is 2.17. The smallest absolute Gasteiger partial charge is 0.191 e. The molecule has 2 aromatic rings. The summed E-state index contributed by atoms with van der Waals surface area (Å²) < 4.78 is 24.2. The molecule has 2 rings (SSSR count). The Morgan fingerprint density at radius 2 is 1.92 bits per heavy atom. The summed E-state index contributed by atoms with van der Waals surface area (Å²) in [4.78, 5) is 4.18. The first-order chi connectivity index (χ1) is 12.2. The van der Waals surface area contributed by atoms with Crippen LogP contribution in [0.2, 0.25) is 0 Å². The van der Waals surface area contributed by atoms with Crippen molar-refractivity contribution in [3.8, 4) is 11.5 Å². The van der Waals surface area contributed by atoms with Crippen LogP contribution in [0.15, 0.2) is 53.5 Å². The predicted molar refractivity (Wildman–Crippen MR) is 97.7 cm³/mol. The molecule has 0 saturated heterocycles. The lowest BCUT2D eigenvalue weighted by atomic mass is 10.2. The van der Waals surface area contributed by atoms with E-state index in [0.717, 1.165) is 11.3 Å². The monoisotopic (exact) mass is 345 g/mol. The molecule has 0 unspecified atom stereocenters. The molecule has 0 atom stereocenters. The second kappa shape index (κ2) is 10.2. The molecule has 0 heterocycles. The molecule has 0 fully saturated rings. The van der Waals surface area contributed by atoms with E-state index in [0.29, 0.717) is 38.0 Å². The maximum Gasteiger partial charge on any atom is 0.191 e. The van der Waals surface area contributed by atoms with Gasteiger partial charge in [-0.3, -0.25) is 4.99 Å². The van der Waals surface area contributed by atoms with Gasteiger partial charge in [0.05, 0.1) is 13.2 Å². The van der Waals surface area contributed by atoms with Gasteiger partial charge in [-0.2, -0.15) is 0 Å². The Kier molecular flexibility index (Phi) is 7.56. The fourth-order valence-corrected chi connectivity index (χ4v) is 2.24. The van der Waals surface area contributed by atoms with Gasteiger partial charge >= 0.3 is 0 Å². The van der Waals surface area contributed by atoms with Crippen molar-refractivity contribution in [3.63, 3.8) is 0 Å². The SMILES string of the molecule is CCOc1ccccc1CNC(=NC)NCCOc1cccc(F)c1. The molecule has 2 N–H and O–H groups in total. The Labute approximate surface area is 147 Å². The zero-order valence-corrected chi connectivity index (χ0v) is 14.6. The van der Waals surface area contributed by atoms with Crippen molar-refractivity contribution in [3.05, 3.63) is 59.9 Å². The summed E-state index contributed by atoms with van der Waals surface area (Å²) in [7, 11) is 1.71. The minimum Gasteiger partial charge on any atom is -0.494 e. The Morgan fingerprint density at radius 3 is 2.68 bits per heavy atom. The standard InChI is InChI=1S/C19H24FN3O2/c1-3-24-18-10-5-4-7-15(18)14-23-19(21-2)22-11-12-25-17-9-6-8-16(20)13-17/h4-10,13H,3,11-12,14H2,1-2H3,(H2,21,22,23). The third-order valence-electron chi connectivity index (χ3n) is 3.40. The summed E-state index contributed by atoms with van der Waals surface area (Å²) in [6.07, 6.45) is 0. The summed E-state index contributed by atoms with van der Waals surface area (Å²) in [6.45, 7) is 4.13. The van der Waals surface area contributed by atoms with Crippen LogP contribution in [0, 0.1) is 5.82 Å². The molecule has 0 aliphatic heterocycles. The fourth-order valence-electron chi connectivity index (χ4n) is 2.24. The lowest BCUT2D eigenvalue weighted by Gasteiger charge is -2.14. The number of guanidine groups is 1. The van der Waals surface area contributed by atoms with Crippen LogP contribution < -0.4 is 20.1 Å². The van der Waals surface area contributed by atoms with E-state index in [-0.39, 0.29) is 5.82 Å². The van der Waals surface area contributed by atoms with Crippen LogP contribution in [0.4, 0.5) is 4.39 Å². The maximum atomic E-state index is 13.1. The van der Waals surface area contributed by atoms with E-state index in [1.165, 1.54) is 12.1 Å². The second-order valence-electron chi connectivity index (χ2n) is 5.20. The number of benzene rings is 2. The largest absolute Gasteiger partial charge is 0.494 e. The van der Waals surface area contributed by atoms with Crippen molar-refractivity contribution >= 4 is 5.96 Å². The lowest BCUT2D eigenvalue weighted by Crippen LogP contribution is -2.38. The molecule has 5 nitrogen and oxygen atoms in total. The molecule has 2 aromatic carbocycles. The number of para-hydroxylation sites is 1. The number of rotatable bonds is 8. The maximum absolute atomic E-state index is 13.1. The molecule has 0 aliphatic rings. The highest BCUT2D eigenvalue weighted by atomic mass is 19.1. The zero-order valence-electron chi connectivity index (χ0n) is 14.6. The van der Waals surface area contributed by atoms with Crippen LogP contribution in [-0.4, -0.2) is 32.8 Å². The highest BCUT2D eigenvalue weighted by Gasteiger charge is 2.04. The number of nitrogens with one attached hydrogen (secondary N) is 2. The van der Waals surface area contributed by atoms with E-state index in [1.54, 1.807) is 19.2 Å². The predicted octanol–water partition coefficient (Wildman–Crippen LogP) is 2.97. The van der Waals surface area contributed by atoms with Gasteiger partial charge in [-0.25, -0.2) is 4.39 Å². The van der Waals surface area contributed by atoms with Gasteiger partial charge in [0.25, 0.3) is 0 Å². The van der Waals surface area contributed by atoms with Gasteiger partial charge in [-0.1, -0.05) is 24.3 Å². The average molecular weight is 345 g/mol. The van der Waals surface area contributed by atoms with Gasteiger partial charge in [-0.15, -0.1) is 0 Å². The Morgan fingerprint density at radius 1 is 1.08 bits per heavy atom. The molecule has 0 amide bonds. The van der Waals surface area contributed by atoms with Gasteiger partial charge in [0, 0.05) is 25.2 Å². The summed E-state index contributed by atoms with van der Waals surface area (Å²) in [5.41, 5.74) is 1.06. The Hall–Kier alpha value is -2.76. The molecule has 25 heavy (non-hydrogen) atoms. The second-order valence-corrected chi connectivity index (χ2v) is 5.20. The minimum atomic E-state index is -0.309. The molecule has 0 aliphatic carbocycles. The van der Waals surface area contributed by atoms with Crippen LogP contribution in [0.3, 0.4) is 0 Å². The number of nitrogens with zero attached hydrogens (tertiary/aromatic N) is 1. The Balaban J connectivity index is 1.75. The number of aliphatic imine (C=N–C) groups is 1. The first-order valence-electron chi connectivity index (χ1n) is 8.26. The number of hydrogen-bond acceptors (Lipinski definition) is 3. The lowest BCUT2D eigenvalue weighted by molar-refractivity contribution is 0.320. The molecular weight excluding hydrogens is 321 g/mol. The molecule has 0 aromatic heterocycles. The van der Waals surface area contributed by atoms with Crippen molar-refractivity contribution in [1.82, 2.24) is 10.6 Å². The molecule has 134 valence electrons. The van der Waals surface area contributed by atoms with Crippen molar-refractivity contribution in [2.75, 3.05) is 26.8 Å². The molecule has 0 saturated carbocycles. The minimum absolute atomic E-state index is 0.309.